The van der Waals surface area contributed by atoms with Gasteiger partial charge >= 0.3 is 0 Å². The number of imidazole rings is 1. The lowest BCUT2D eigenvalue weighted by atomic mass is 10.0. The first-order valence-electron chi connectivity index (χ1n) is 9.53. The predicted molar refractivity (Wildman–Crippen MR) is 118 cm³/mol. The highest BCUT2D eigenvalue weighted by Crippen LogP contribution is 2.24. The molecule has 0 fully saturated rings. The normalized spacial score (nSPS) is 11.6. The van der Waals surface area contributed by atoms with Crippen molar-refractivity contribution in [2.24, 2.45) is 0 Å². The number of hydrogen-bond acceptors (Lipinski definition) is 1. The molecule has 0 aliphatic heterocycles. The largest absolute Gasteiger partial charge is 0.320 e. The second kappa shape index (κ2) is 7.16. The summed E-state index contributed by atoms with van der Waals surface area (Å²) in [5.74, 6) is 0.970. The van der Waals surface area contributed by atoms with Crippen molar-refractivity contribution in [3.05, 3.63) is 114 Å². The smallest absolute Gasteiger partial charge is 0.134 e. The average molecular weight is 360 g/mol. The fraction of sp³-hybridized carbons (Fsp3) is 0.0385. The Morgan fingerprint density at radius 2 is 1.43 bits per heavy atom. The molecule has 0 aliphatic carbocycles. The summed E-state index contributed by atoms with van der Waals surface area (Å²) in [5, 5.41) is 2.56. The summed E-state index contributed by atoms with van der Waals surface area (Å²) in [6.07, 6.45) is 4.24. The lowest BCUT2D eigenvalue weighted by Crippen LogP contribution is -2.02. The molecule has 1 aromatic heterocycles. The van der Waals surface area contributed by atoms with E-state index in [1.165, 1.54) is 21.9 Å². The standard InChI is InChI=1S/C26H20N2/c1-2-9-20(10-3-1)17-18-26-27-24-15-6-7-16-25(24)28(26)19-22-13-8-12-21-11-4-5-14-23(21)22/h1-18H,19H2. The van der Waals surface area contributed by atoms with E-state index in [4.69, 9.17) is 4.98 Å². The molecule has 1 heterocycles. The summed E-state index contributed by atoms with van der Waals surface area (Å²) in [6, 6.07) is 33.8. The Morgan fingerprint density at radius 3 is 2.36 bits per heavy atom. The van der Waals surface area contributed by atoms with E-state index in [9.17, 15) is 0 Å². The Bertz CT molecular complexity index is 1270. The molecule has 5 rings (SSSR count). The number of hydrogen-bond donors (Lipinski definition) is 0. The third kappa shape index (κ3) is 3.10. The van der Waals surface area contributed by atoms with Crippen molar-refractivity contribution in [2.75, 3.05) is 0 Å². The zero-order valence-electron chi connectivity index (χ0n) is 15.5. The summed E-state index contributed by atoms with van der Waals surface area (Å²) in [6.45, 7) is 0.788. The molecule has 134 valence electrons. The van der Waals surface area contributed by atoms with Gasteiger partial charge in [0.05, 0.1) is 17.6 Å². The summed E-state index contributed by atoms with van der Waals surface area (Å²) >= 11 is 0. The molecular formula is C26H20N2. The van der Waals surface area contributed by atoms with Crippen molar-refractivity contribution in [2.45, 2.75) is 6.54 Å². The zero-order valence-corrected chi connectivity index (χ0v) is 15.5. The average Bonchev–Trinajstić information content (AvgIpc) is 3.11. The summed E-state index contributed by atoms with van der Waals surface area (Å²) < 4.78 is 2.30. The number of fused-ring (bicyclic) bond motifs is 2. The highest BCUT2D eigenvalue weighted by molar-refractivity contribution is 5.86. The van der Waals surface area contributed by atoms with Gasteiger partial charge in [0.25, 0.3) is 0 Å². The maximum absolute atomic E-state index is 4.88. The van der Waals surface area contributed by atoms with Gasteiger partial charge in [0.2, 0.25) is 0 Å². The monoisotopic (exact) mass is 360 g/mol. The Labute approximate surface area is 164 Å². The van der Waals surface area contributed by atoms with E-state index in [1.54, 1.807) is 0 Å². The molecule has 0 N–H and O–H groups in total. The number of para-hydroxylation sites is 2. The molecule has 5 aromatic rings. The van der Waals surface area contributed by atoms with Crippen LogP contribution in [-0.2, 0) is 6.54 Å². The molecule has 0 spiro atoms. The summed E-state index contributed by atoms with van der Waals surface area (Å²) in [5.41, 5.74) is 4.65. The molecule has 0 radical (unpaired) electrons. The van der Waals surface area contributed by atoms with E-state index in [1.807, 2.05) is 12.1 Å². The highest BCUT2D eigenvalue weighted by atomic mass is 15.1. The fourth-order valence-electron chi connectivity index (χ4n) is 3.72. The lowest BCUT2D eigenvalue weighted by Gasteiger charge is -2.10. The van der Waals surface area contributed by atoms with Crippen LogP contribution in [0.5, 0.6) is 0 Å². The predicted octanol–water partition coefficient (Wildman–Crippen LogP) is 6.41. The maximum atomic E-state index is 4.88. The molecular weight excluding hydrogens is 340 g/mol. The minimum atomic E-state index is 0.788. The summed E-state index contributed by atoms with van der Waals surface area (Å²) in [7, 11) is 0. The number of nitrogens with zero attached hydrogens (tertiary/aromatic N) is 2. The van der Waals surface area contributed by atoms with Crippen LogP contribution in [0.1, 0.15) is 17.0 Å². The molecule has 0 aliphatic rings. The van der Waals surface area contributed by atoms with Crippen molar-refractivity contribution in [3.63, 3.8) is 0 Å². The first-order chi connectivity index (χ1) is 13.9. The second-order valence-corrected chi connectivity index (χ2v) is 6.93. The fourth-order valence-corrected chi connectivity index (χ4v) is 3.72. The van der Waals surface area contributed by atoms with Crippen molar-refractivity contribution >= 4 is 34.0 Å². The number of rotatable bonds is 4. The van der Waals surface area contributed by atoms with Crippen LogP contribution in [0, 0.1) is 0 Å². The maximum Gasteiger partial charge on any atom is 0.134 e. The molecule has 28 heavy (non-hydrogen) atoms. The van der Waals surface area contributed by atoms with E-state index < -0.39 is 0 Å². The van der Waals surface area contributed by atoms with Gasteiger partial charge in [0.1, 0.15) is 5.82 Å². The SMILES string of the molecule is C(=Cc1nc2ccccc2n1Cc1cccc2ccccc12)c1ccccc1. The molecule has 0 unspecified atom stereocenters. The van der Waals surface area contributed by atoms with Crippen LogP contribution in [-0.4, -0.2) is 9.55 Å². The van der Waals surface area contributed by atoms with Gasteiger partial charge in [-0.2, -0.15) is 0 Å². The zero-order chi connectivity index (χ0) is 18.8. The van der Waals surface area contributed by atoms with Gasteiger partial charge in [-0.05, 0) is 40.1 Å². The van der Waals surface area contributed by atoms with Crippen LogP contribution in [0.3, 0.4) is 0 Å². The number of benzene rings is 4. The topological polar surface area (TPSA) is 17.8 Å². The molecule has 2 heteroatoms. The second-order valence-electron chi connectivity index (χ2n) is 6.93. The Balaban J connectivity index is 1.62. The molecule has 0 amide bonds. The van der Waals surface area contributed by atoms with Gasteiger partial charge in [-0.1, -0.05) is 91.0 Å². The summed E-state index contributed by atoms with van der Waals surface area (Å²) in [4.78, 5) is 4.88. The molecule has 0 saturated carbocycles. The minimum Gasteiger partial charge on any atom is -0.320 e. The Hall–Kier alpha value is -3.65. The number of aromatic nitrogens is 2. The van der Waals surface area contributed by atoms with Crippen molar-refractivity contribution < 1.29 is 0 Å². The first-order valence-corrected chi connectivity index (χ1v) is 9.53. The van der Waals surface area contributed by atoms with E-state index >= 15 is 0 Å². The third-order valence-electron chi connectivity index (χ3n) is 5.12. The third-order valence-corrected chi connectivity index (χ3v) is 5.12. The van der Waals surface area contributed by atoms with Crippen LogP contribution in [0.4, 0.5) is 0 Å². The van der Waals surface area contributed by atoms with Crippen LogP contribution >= 0.6 is 0 Å². The van der Waals surface area contributed by atoms with Gasteiger partial charge in [0, 0.05) is 0 Å². The van der Waals surface area contributed by atoms with Crippen LogP contribution in [0.25, 0.3) is 34.0 Å². The van der Waals surface area contributed by atoms with Crippen molar-refractivity contribution in [1.29, 1.82) is 0 Å². The van der Waals surface area contributed by atoms with Crippen LogP contribution < -0.4 is 0 Å². The quantitative estimate of drug-likeness (QED) is 0.362. The molecule has 4 aromatic carbocycles. The first kappa shape index (κ1) is 16.5. The molecule has 0 bridgehead atoms. The van der Waals surface area contributed by atoms with Gasteiger partial charge in [0.15, 0.2) is 0 Å². The highest BCUT2D eigenvalue weighted by Gasteiger charge is 2.10. The molecule has 0 saturated heterocycles. The van der Waals surface area contributed by atoms with Crippen LogP contribution in [0.2, 0.25) is 0 Å². The Morgan fingerprint density at radius 1 is 0.679 bits per heavy atom. The van der Waals surface area contributed by atoms with Gasteiger partial charge < -0.3 is 4.57 Å². The Kier molecular flexibility index (Phi) is 4.23. The van der Waals surface area contributed by atoms with E-state index in [-0.39, 0.29) is 0 Å². The van der Waals surface area contributed by atoms with Gasteiger partial charge in [-0.3, -0.25) is 0 Å². The van der Waals surface area contributed by atoms with E-state index in [0.29, 0.717) is 0 Å². The van der Waals surface area contributed by atoms with Crippen molar-refractivity contribution in [1.82, 2.24) is 9.55 Å². The van der Waals surface area contributed by atoms with Crippen LogP contribution in [0.15, 0.2) is 97.1 Å². The lowest BCUT2D eigenvalue weighted by molar-refractivity contribution is 0.819. The van der Waals surface area contributed by atoms with Gasteiger partial charge in [-0.15, -0.1) is 0 Å². The molecule has 2 nitrogen and oxygen atoms in total. The van der Waals surface area contributed by atoms with Gasteiger partial charge in [-0.25, -0.2) is 4.98 Å². The van der Waals surface area contributed by atoms with Crippen molar-refractivity contribution in [3.8, 4) is 0 Å². The van der Waals surface area contributed by atoms with E-state index in [0.717, 1.165) is 23.4 Å². The van der Waals surface area contributed by atoms with E-state index in [2.05, 4.69) is 102 Å². The minimum absolute atomic E-state index is 0.788. The molecule has 0 atom stereocenters.